The Morgan fingerprint density at radius 3 is 2.22 bits per heavy atom. The Balaban J connectivity index is 1.30. The summed E-state index contributed by atoms with van der Waals surface area (Å²) in [6, 6.07) is 7.59. The summed E-state index contributed by atoms with van der Waals surface area (Å²) < 4.78 is 63.1. The minimum atomic E-state index is -3.55. The molecule has 1 spiro atoms. The van der Waals surface area contributed by atoms with Crippen LogP contribution in [0.4, 0.5) is 29.2 Å². The van der Waals surface area contributed by atoms with Crippen molar-refractivity contribution in [3.8, 4) is 23.0 Å². The minimum absolute atomic E-state index is 0.0670. The third-order valence-corrected chi connectivity index (χ3v) is 8.11. The van der Waals surface area contributed by atoms with Crippen LogP contribution in [0.25, 0.3) is 23.0 Å². The maximum Gasteiger partial charge on any atom is 0.271 e. The fourth-order valence-corrected chi connectivity index (χ4v) is 5.81. The Morgan fingerprint density at radius 2 is 1.54 bits per heavy atom. The van der Waals surface area contributed by atoms with Crippen LogP contribution in [0.1, 0.15) is 37.8 Å². The maximum atomic E-state index is 14.0. The van der Waals surface area contributed by atoms with Crippen LogP contribution in [0.15, 0.2) is 28.7 Å². The zero-order chi connectivity index (χ0) is 26.0. The average molecular weight is 628 g/mol. The molecule has 2 saturated heterocycles. The SMILES string of the molecule is Cc1cc(-c2nnc(-c3ccc(I)cc3N3CCC4(CC3)CC4)o2)nc(N2CC(F)(F)CC(F)(F)C2)n1. The Kier molecular flexibility index (Phi) is 5.88. The molecule has 3 fully saturated rings. The first-order chi connectivity index (χ1) is 17.5. The van der Waals surface area contributed by atoms with Crippen molar-refractivity contribution in [1.82, 2.24) is 20.2 Å². The van der Waals surface area contributed by atoms with Gasteiger partial charge in [0.25, 0.3) is 17.7 Å². The Hall–Kier alpha value is -2.51. The van der Waals surface area contributed by atoms with Crippen LogP contribution in [-0.4, -0.2) is 58.2 Å². The van der Waals surface area contributed by atoms with Gasteiger partial charge in [0.15, 0.2) is 0 Å². The molecule has 0 bridgehead atoms. The van der Waals surface area contributed by atoms with Gasteiger partial charge in [-0.15, -0.1) is 10.2 Å². The van der Waals surface area contributed by atoms with Gasteiger partial charge in [-0.1, -0.05) is 0 Å². The first-order valence-corrected chi connectivity index (χ1v) is 13.3. The fourth-order valence-electron chi connectivity index (χ4n) is 5.33. The lowest BCUT2D eigenvalue weighted by Crippen LogP contribution is -2.53. The van der Waals surface area contributed by atoms with Crippen molar-refractivity contribution in [1.29, 1.82) is 0 Å². The van der Waals surface area contributed by atoms with Gasteiger partial charge in [0.05, 0.1) is 30.8 Å². The lowest BCUT2D eigenvalue weighted by Gasteiger charge is -2.37. The minimum Gasteiger partial charge on any atom is -0.415 e. The van der Waals surface area contributed by atoms with Crippen molar-refractivity contribution in [2.75, 3.05) is 36.0 Å². The number of halogens is 5. The van der Waals surface area contributed by atoms with E-state index in [0.717, 1.165) is 32.8 Å². The quantitative estimate of drug-likeness (QED) is 0.261. The standard InChI is InChI=1S/C25H25F4IN6O/c1-15-10-18(32-22(31-15)36-13-24(26,27)12-25(28,29)14-36)21-34-33-20(37-21)17-3-2-16(30)11-19(17)35-8-6-23(4-5-23)7-9-35/h2-3,10-11H,4-9,12-14H2,1H3. The van der Waals surface area contributed by atoms with Crippen molar-refractivity contribution in [2.45, 2.75) is 50.9 Å². The zero-order valence-corrected chi connectivity index (χ0v) is 22.3. The molecule has 7 nitrogen and oxygen atoms in total. The molecule has 196 valence electrons. The summed E-state index contributed by atoms with van der Waals surface area (Å²) >= 11 is 2.28. The summed E-state index contributed by atoms with van der Waals surface area (Å²) in [6.07, 6.45) is 3.49. The number of aryl methyl sites for hydroxylation is 1. The molecule has 3 aromatic rings. The van der Waals surface area contributed by atoms with E-state index in [9.17, 15) is 17.6 Å². The van der Waals surface area contributed by atoms with Gasteiger partial charge in [0, 0.05) is 22.4 Å². The first-order valence-electron chi connectivity index (χ1n) is 12.3. The largest absolute Gasteiger partial charge is 0.415 e. The van der Waals surface area contributed by atoms with Crippen LogP contribution in [0.3, 0.4) is 0 Å². The van der Waals surface area contributed by atoms with E-state index >= 15 is 0 Å². The molecule has 0 radical (unpaired) electrons. The molecule has 3 aliphatic rings. The van der Waals surface area contributed by atoms with Crippen LogP contribution in [0, 0.1) is 15.9 Å². The topological polar surface area (TPSA) is 71.2 Å². The van der Waals surface area contributed by atoms with E-state index in [0.29, 0.717) is 17.0 Å². The van der Waals surface area contributed by atoms with E-state index in [4.69, 9.17) is 4.42 Å². The van der Waals surface area contributed by atoms with E-state index in [1.165, 1.54) is 25.7 Å². The number of alkyl halides is 4. The van der Waals surface area contributed by atoms with Crippen molar-refractivity contribution in [3.63, 3.8) is 0 Å². The van der Waals surface area contributed by atoms with Crippen LogP contribution in [0.5, 0.6) is 0 Å². The van der Waals surface area contributed by atoms with Gasteiger partial charge < -0.3 is 14.2 Å². The number of piperidine rings is 2. The Labute approximate surface area is 224 Å². The number of rotatable bonds is 4. The number of anilines is 2. The van der Waals surface area contributed by atoms with E-state index in [1.807, 2.05) is 12.1 Å². The highest BCUT2D eigenvalue weighted by Crippen LogP contribution is 2.54. The molecule has 0 unspecified atom stereocenters. The van der Waals surface area contributed by atoms with E-state index < -0.39 is 31.4 Å². The molecular formula is C25H25F4IN6O. The third-order valence-electron chi connectivity index (χ3n) is 7.44. The molecule has 37 heavy (non-hydrogen) atoms. The molecular weight excluding hydrogens is 603 g/mol. The Bertz CT molecular complexity index is 1320. The molecule has 6 rings (SSSR count). The number of nitrogens with zero attached hydrogens (tertiary/aromatic N) is 6. The fraction of sp³-hybridized carbons (Fsp3) is 0.520. The van der Waals surface area contributed by atoms with Crippen molar-refractivity contribution < 1.29 is 22.0 Å². The predicted octanol–water partition coefficient (Wildman–Crippen LogP) is 5.97. The van der Waals surface area contributed by atoms with Gasteiger partial charge in [-0.05, 0) is 84.9 Å². The second-order valence-corrected chi connectivity index (χ2v) is 11.7. The van der Waals surface area contributed by atoms with E-state index in [-0.39, 0.29) is 17.5 Å². The summed E-state index contributed by atoms with van der Waals surface area (Å²) in [7, 11) is 0. The van der Waals surface area contributed by atoms with E-state index in [1.54, 1.807) is 13.0 Å². The van der Waals surface area contributed by atoms with Crippen molar-refractivity contribution >= 4 is 34.2 Å². The number of hydrogen-bond donors (Lipinski definition) is 0. The zero-order valence-electron chi connectivity index (χ0n) is 20.2. The highest BCUT2D eigenvalue weighted by molar-refractivity contribution is 14.1. The molecule has 1 aliphatic carbocycles. The number of aromatic nitrogens is 4. The summed E-state index contributed by atoms with van der Waals surface area (Å²) in [6.45, 7) is 1.79. The van der Waals surface area contributed by atoms with Gasteiger partial charge in [0.2, 0.25) is 11.8 Å². The molecule has 0 amide bonds. The summed E-state index contributed by atoms with van der Waals surface area (Å²) in [5, 5.41) is 8.39. The molecule has 2 aromatic heterocycles. The number of hydrogen-bond acceptors (Lipinski definition) is 7. The maximum absolute atomic E-state index is 14.0. The summed E-state index contributed by atoms with van der Waals surface area (Å²) in [5.41, 5.74) is 2.97. The van der Waals surface area contributed by atoms with Gasteiger partial charge in [-0.25, -0.2) is 27.5 Å². The predicted molar refractivity (Wildman–Crippen MR) is 138 cm³/mol. The van der Waals surface area contributed by atoms with Gasteiger partial charge in [-0.2, -0.15) is 0 Å². The van der Waals surface area contributed by atoms with Gasteiger partial charge >= 0.3 is 0 Å². The molecule has 1 saturated carbocycles. The molecule has 2 aliphatic heterocycles. The normalized spacial score (nSPS) is 21.9. The van der Waals surface area contributed by atoms with Gasteiger partial charge in [-0.3, -0.25) is 0 Å². The van der Waals surface area contributed by atoms with Crippen LogP contribution < -0.4 is 9.80 Å². The highest BCUT2D eigenvalue weighted by atomic mass is 127. The second kappa shape index (κ2) is 8.77. The monoisotopic (exact) mass is 628 g/mol. The summed E-state index contributed by atoms with van der Waals surface area (Å²) in [4.78, 5) is 11.6. The lowest BCUT2D eigenvalue weighted by atomic mass is 9.93. The van der Waals surface area contributed by atoms with Crippen LogP contribution in [0.2, 0.25) is 0 Å². The van der Waals surface area contributed by atoms with Crippen molar-refractivity contribution in [3.05, 3.63) is 33.5 Å². The number of benzene rings is 1. The van der Waals surface area contributed by atoms with Crippen LogP contribution >= 0.6 is 22.6 Å². The molecule has 0 N–H and O–H groups in total. The molecule has 12 heteroatoms. The molecule has 4 heterocycles. The lowest BCUT2D eigenvalue weighted by molar-refractivity contribution is -0.122. The molecule has 0 atom stereocenters. The second-order valence-electron chi connectivity index (χ2n) is 10.5. The smallest absolute Gasteiger partial charge is 0.271 e. The summed E-state index contributed by atoms with van der Waals surface area (Å²) in [5.74, 6) is -6.95. The third kappa shape index (κ3) is 5.13. The average Bonchev–Trinajstić information content (AvgIpc) is 3.38. The van der Waals surface area contributed by atoms with Gasteiger partial charge in [0.1, 0.15) is 5.69 Å². The Morgan fingerprint density at radius 1 is 0.865 bits per heavy atom. The van der Waals surface area contributed by atoms with E-state index in [2.05, 4.69) is 53.7 Å². The highest BCUT2D eigenvalue weighted by Gasteiger charge is 2.51. The first kappa shape index (κ1) is 24.8. The van der Waals surface area contributed by atoms with Crippen LogP contribution in [-0.2, 0) is 0 Å². The molecule has 1 aromatic carbocycles. The van der Waals surface area contributed by atoms with Crippen molar-refractivity contribution in [2.24, 2.45) is 5.41 Å².